The Morgan fingerprint density at radius 1 is 1.00 bits per heavy atom. The zero-order valence-corrected chi connectivity index (χ0v) is 21.3. The maximum atomic E-state index is 13.0. The summed E-state index contributed by atoms with van der Waals surface area (Å²) >= 11 is 0. The molecule has 1 aromatic carbocycles. The summed E-state index contributed by atoms with van der Waals surface area (Å²) in [5.41, 5.74) is 4.95. The Morgan fingerprint density at radius 3 is 2.58 bits per heavy atom. The van der Waals surface area contributed by atoms with E-state index >= 15 is 0 Å². The fourth-order valence-electron chi connectivity index (χ4n) is 4.83. The maximum Gasteiger partial charge on any atom is 0.222 e. The third-order valence-electron chi connectivity index (χ3n) is 6.92. The summed E-state index contributed by atoms with van der Waals surface area (Å²) < 4.78 is 8.88. The van der Waals surface area contributed by atoms with E-state index < -0.39 is 0 Å². The molecule has 1 aliphatic rings. The molecule has 1 aliphatic heterocycles. The zero-order valence-electron chi connectivity index (χ0n) is 21.3. The minimum Gasteiger partial charge on any atom is -0.497 e. The molecule has 1 fully saturated rings. The first kappa shape index (κ1) is 23.9. The van der Waals surface area contributed by atoms with Gasteiger partial charge in [-0.05, 0) is 62.6 Å². The Bertz CT molecular complexity index is 1380. The summed E-state index contributed by atoms with van der Waals surface area (Å²) in [5, 5.41) is 17.5. The van der Waals surface area contributed by atoms with Crippen molar-refractivity contribution in [1.29, 1.82) is 0 Å². The number of aromatic nitrogens is 6. The van der Waals surface area contributed by atoms with Crippen LogP contribution in [-0.2, 0) is 17.8 Å². The van der Waals surface area contributed by atoms with E-state index in [0.29, 0.717) is 24.3 Å². The highest BCUT2D eigenvalue weighted by molar-refractivity contribution is 5.76. The number of piperazine rings is 1. The average Bonchev–Trinajstić information content (AvgIpc) is 3.41. The molecule has 0 N–H and O–H groups in total. The molecule has 0 spiro atoms. The second kappa shape index (κ2) is 10.1. The van der Waals surface area contributed by atoms with Gasteiger partial charge in [-0.2, -0.15) is 9.61 Å². The van der Waals surface area contributed by atoms with Gasteiger partial charge in [0.2, 0.25) is 5.91 Å². The van der Waals surface area contributed by atoms with Crippen molar-refractivity contribution in [3.63, 3.8) is 0 Å². The first-order valence-corrected chi connectivity index (χ1v) is 12.3. The summed E-state index contributed by atoms with van der Waals surface area (Å²) in [6.07, 6.45) is 1.13. The lowest BCUT2D eigenvalue weighted by molar-refractivity contribution is -0.133. The highest BCUT2D eigenvalue weighted by Crippen LogP contribution is 2.20. The number of ether oxygens (including phenoxy) is 1. The van der Waals surface area contributed by atoms with Crippen LogP contribution in [-0.4, -0.2) is 78.6 Å². The molecule has 0 saturated carbocycles. The summed E-state index contributed by atoms with van der Waals surface area (Å²) in [6.45, 7) is 10.00. The second-order valence-electron chi connectivity index (χ2n) is 9.28. The van der Waals surface area contributed by atoms with Crippen LogP contribution >= 0.6 is 0 Å². The van der Waals surface area contributed by atoms with Gasteiger partial charge in [-0.3, -0.25) is 9.69 Å². The molecule has 0 unspecified atom stereocenters. The quantitative estimate of drug-likeness (QED) is 0.395. The summed E-state index contributed by atoms with van der Waals surface area (Å²) in [5.74, 6) is 2.50. The van der Waals surface area contributed by atoms with Gasteiger partial charge in [0.05, 0.1) is 12.8 Å². The monoisotopic (exact) mass is 488 g/mol. The van der Waals surface area contributed by atoms with Gasteiger partial charge < -0.3 is 9.64 Å². The first-order valence-electron chi connectivity index (χ1n) is 12.3. The van der Waals surface area contributed by atoms with Gasteiger partial charge in [-0.25, -0.2) is 4.68 Å². The fourth-order valence-corrected chi connectivity index (χ4v) is 4.83. The molecule has 0 aliphatic carbocycles. The molecule has 10 heteroatoms. The van der Waals surface area contributed by atoms with Crippen molar-refractivity contribution < 1.29 is 9.53 Å². The molecular weight excluding hydrogens is 456 g/mol. The molecule has 0 radical (unpaired) electrons. The highest BCUT2D eigenvalue weighted by atomic mass is 16.5. The molecule has 4 aromatic rings. The van der Waals surface area contributed by atoms with Gasteiger partial charge in [0, 0.05) is 44.8 Å². The SMILES string of the molecule is COc1cccc(CN2CCN(C(=O)CCc3c(C)nn(-c4ccc5nnc(C)n5n4)c3C)CC2)c1. The van der Waals surface area contributed by atoms with E-state index in [4.69, 9.17) is 9.84 Å². The Labute approximate surface area is 210 Å². The van der Waals surface area contributed by atoms with Crippen LogP contribution < -0.4 is 4.74 Å². The van der Waals surface area contributed by atoms with Gasteiger partial charge in [0.15, 0.2) is 17.3 Å². The van der Waals surface area contributed by atoms with Crippen molar-refractivity contribution in [2.24, 2.45) is 0 Å². The van der Waals surface area contributed by atoms with Crippen LogP contribution in [0.5, 0.6) is 5.75 Å². The highest BCUT2D eigenvalue weighted by Gasteiger charge is 2.22. The van der Waals surface area contributed by atoms with Gasteiger partial charge >= 0.3 is 0 Å². The summed E-state index contributed by atoms with van der Waals surface area (Å²) in [6, 6.07) is 11.9. The molecule has 36 heavy (non-hydrogen) atoms. The molecule has 4 heterocycles. The van der Waals surface area contributed by atoms with Crippen LogP contribution in [0.4, 0.5) is 0 Å². The normalized spacial score (nSPS) is 14.5. The van der Waals surface area contributed by atoms with E-state index in [2.05, 4.69) is 32.3 Å². The fraction of sp³-hybridized carbons (Fsp3) is 0.423. The Kier molecular flexibility index (Phi) is 6.69. The van der Waals surface area contributed by atoms with Crippen LogP contribution in [0.3, 0.4) is 0 Å². The van der Waals surface area contributed by atoms with E-state index in [1.807, 2.05) is 54.6 Å². The number of rotatable bonds is 7. The molecule has 3 aromatic heterocycles. The van der Waals surface area contributed by atoms with E-state index in [0.717, 1.165) is 61.2 Å². The molecule has 10 nitrogen and oxygen atoms in total. The number of hydrogen-bond acceptors (Lipinski definition) is 7. The molecule has 0 bridgehead atoms. The Morgan fingerprint density at radius 2 is 1.81 bits per heavy atom. The molecule has 1 saturated heterocycles. The average molecular weight is 489 g/mol. The summed E-state index contributed by atoms with van der Waals surface area (Å²) in [7, 11) is 1.69. The van der Waals surface area contributed by atoms with E-state index in [1.54, 1.807) is 11.6 Å². The first-order chi connectivity index (χ1) is 17.4. The van der Waals surface area contributed by atoms with Gasteiger partial charge in [-0.15, -0.1) is 15.3 Å². The van der Waals surface area contributed by atoms with Gasteiger partial charge in [-0.1, -0.05) is 12.1 Å². The molecule has 0 atom stereocenters. The number of carbonyl (C=O) groups excluding carboxylic acids is 1. The number of hydrogen-bond donors (Lipinski definition) is 0. The molecule has 188 valence electrons. The van der Waals surface area contributed by atoms with Gasteiger partial charge in [0.25, 0.3) is 0 Å². The standard InChI is InChI=1S/C26H32N8O2/c1-18-23(19(2)33(29-18)25-10-9-24-28-27-20(3)34(24)30-25)8-11-26(35)32-14-12-31(13-15-32)17-21-6-5-7-22(16-21)36-4/h5-7,9-10,16H,8,11-15,17H2,1-4H3. The van der Waals surface area contributed by atoms with Crippen LogP contribution in [0.15, 0.2) is 36.4 Å². The topological polar surface area (TPSA) is 93.7 Å². The van der Waals surface area contributed by atoms with Crippen molar-refractivity contribution in [2.75, 3.05) is 33.3 Å². The Hall–Kier alpha value is -3.79. The van der Waals surface area contributed by atoms with Crippen molar-refractivity contribution in [3.8, 4) is 11.6 Å². The van der Waals surface area contributed by atoms with Crippen molar-refractivity contribution in [2.45, 2.75) is 40.2 Å². The van der Waals surface area contributed by atoms with Crippen LogP contribution in [0.25, 0.3) is 11.5 Å². The van der Waals surface area contributed by atoms with E-state index in [9.17, 15) is 4.79 Å². The van der Waals surface area contributed by atoms with Crippen molar-refractivity contribution in [3.05, 3.63) is 64.7 Å². The number of methoxy groups -OCH3 is 1. The predicted octanol–water partition coefficient (Wildman–Crippen LogP) is 2.52. The third-order valence-corrected chi connectivity index (χ3v) is 6.92. The molecule has 1 amide bonds. The van der Waals surface area contributed by atoms with Crippen molar-refractivity contribution in [1.82, 2.24) is 39.4 Å². The number of aryl methyl sites for hydroxylation is 2. The van der Waals surface area contributed by atoms with Crippen LogP contribution in [0.1, 0.15) is 34.8 Å². The Balaban J connectivity index is 1.18. The van der Waals surface area contributed by atoms with E-state index in [1.165, 1.54) is 5.56 Å². The number of fused-ring (bicyclic) bond motifs is 1. The minimum absolute atomic E-state index is 0.197. The molecular formula is C26H32N8O2. The number of benzene rings is 1. The number of amides is 1. The predicted molar refractivity (Wildman–Crippen MR) is 135 cm³/mol. The number of nitrogens with zero attached hydrogens (tertiary/aromatic N) is 8. The lowest BCUT2D eigenvalue weighted by Crippen LogP contribution is -2.48. The van der Waals surface area contributed by atoms with Gasteiger partial charge in [0.1, 0.15) is 5.75 Å². The van der Waals surface area contributed by atoms with E-state index in [-0.39, 0.29) is 5.91 Å². The third kappa shape index (κ3) is 4.81. The minimum atomic E-state index is 0.197. The number of carbonyl (C=O) groups is 1. The van der Waals surface area contributed by atoms with Crippen LogP contribution in [0, 0.1) is 20.8 Å². The second-order valence-corrected chi connectivity index (χ2v) is 9.28. The van der Waals surface area contributed by atoms with Crippen molar-refractivity contribution >= 4 is 11.6 Å². The largest absolute Gasteiger partial charge is 0.497 e. The smallest absolute Gasteiger partial charge is 0.222 e. The zero-order chi connectivity index (χ0) is 25.2. The lowest BCUT2D eigenvalue weighted by atomic mass is 10.1. The maximum absolute atomic E-state index is 13.0. The summed E-state index contributed by atoms with van der Waals surface area (Å²) in [4.78, 5) is 17.4. The molecule has 5 rings (SSSR count). The lowest BCUT2D eigenvalue weighted by Gasteiger charge is -2.35. The van der Waals surface area contributed by atoms with Crippen LogP contribution in [0.2, 0.25) is 0 Å².